The van der Waals surface area contributed by atoms with E-state index < -0.39 is 21.9 Å². The maximum absolute atomic E-state index is 12.3. The van der Waals surface area contributed by atoms with Crippen LogP contribution in [0.5, 0.6) is 0 Å². The van der Waals surface area contributed by atoms with Gasteiger partial charge in [-0.25, -0.2) is 8.42 Å². The Morgan fingerprint density at radius 2 is 1.93 bits per heavy atom. The van der Waals surface area contributed by atoms with Gasteiger partial charge in [-0.2, -0.15) is 4.31 Å². The van der Waals surface area contributed by atoms with Crippen LogP contribution in [0.4, 0.5) is 5.13 Å². The number of nitrogens with one attached hydrogen (secondary N) is 1. The zero-order valence-electron chi connectivity index (χ0n) is 15.5. The van der Waals surface area contributed by atoms with E-state index in [1.807, 2.05) is 31.2 Å². The van der Waals surface area contributed by atoms with Gasteiger partial charge in [0.2, 0.25) is 21.1 Å². The Kier molecular flexibility index (Phi) is 7.92. The normalized spacial score (nSPS) is 11.4. The lowest BCUT2D eigenvalue weighted by molar-refractivity contribution is -0.137. The number of benzene rings is 1. The average Bonchev–Trinajstić information content (AvgIpc) is 3.07. The highest BCUT2D eigenvalue weighted by molar-refractivity contribution is 8.01. The molecule has 12 heteroatoms. The lowest BCUT2D eigenvalue weighted by Gasteiger charge is -2.19. The van der Waals surface area contributed by atoms with Crippen LogP contribution in [0.1, 0.15) is 11.1 Å². The molecule has 0 saturated heterocycles. The summed E-state index contributed by atoms with van der Waals surface area (Å²) in [5.41, 5.74) is 1.84. The highest BCUT2D eigenvalue weighted by Gasteiger charge is 2.21. The third kappa shape index (κ3) is 7.19. The molecule has 0 bridgehead atoms. The molecule has 0 atom stereocenters. The van der Waals surface area contributed by atoms with Gasteiger partial charge in [-0.3, -0.25) is 14.9 Å². The first-order valence-electron chi connectivity index (χ1n) is 8.01. The third-order valence-corrected chi connectivity index (χ3v) is 6.60. The first-order valence-corrected chi connectivity index (χ1v) is 11.7. The highest BCUT2D eigenvalue weighted by Crippen LogP contribution is 2.25. The van der Waals surface area contributed by atoms with E-state index >= 15 is 0 Å². The average molecular weight is 445 g/mol. The Morgan fingerprint density at radius 3 is 2.54 bits per heavy atom. The van der Waals surface area contributed by atoms with Gasteiger partial charge in [0, 0.05) is 6.54 Å². The topological polar surface area (TPSA) is 119 Å². The van der Waals surface area contributed by atoms with Crippen molar-refractivity contribution < 1.29 is 22.7 Å². The largest absolute Gasteiger partial charge is 0.468 e. The van der Waals surface area contributed by atoms with Gasteiger partial charge in [0.15, 0.2) is 4.34 Å². The number of carbonyl (C=O) groups excluding carboxylic acids is 2. The van der Waals surface area contributed by atoms with Gasteiger partial charge in [0.05, 0.1) is 25.7 Å². The quantitative estimate of drug-likeness (QED) is 0.351. The second-order valence-electron chi connectivity index (χ2n) is 5.80. The first kappa shape index (κ1) is 22.3. The molecule has 0 spiro atoms. The molecule has 0 radical (unpaired) electrons. The van der Waals surface area contributed by atoms with Crippen LogP contribution in [0.3, 0.4) is 0 Å². The van der Waals surface area contributed by atoms with Crippen molar-refractivity contribution >= 4 is 50.1 Å². The van der Waals surface area contributed by atoms with E-state index in [4.69, 9.17) is 0 Å². The van der Waals surface area contributed by atoms with Gasteiger partial charge in [0.1, 0.15) is 0 Å². The molecule has 0 unspecified atom stereocenters. The van der Waals surface area contributed by atoms with E-state index in [2.05, 4.69) is 20.3 Å². The Bertz CT molecular complexity index is 928. The van der Waals surface area contributed by atoms with Crippen molar-refractivity contribution in [2.75, 3.05) is 31.0 Å². The molecule has 0 fully saturated rings. The maximum Gasteiger partial charge on any atom is 0.316 e. The van der Waals surface area contributed by atoms with Gasteiger partial charge in [-0.15, -0.1) is 10.2 Å². The van der Waals surface area contributed by atoms with Crippen LogP contribution in [0, 0.1) is 6.92 Å². The molecule has 1 N–H and O–H groups in total. The number of ether oxygens (including phenoxy) is 1. The SMILES string of the molecule is COC(=O)CSc1nnc(NC(=O)CN(Cc2ccc(C)cc2)S(C)(=O)=O)s1. The zero-order chi connectivity index (χ0) is 20.7. The predicted molar refractivity (Wildman–Crippen MR) is 108 cm³/mol. The van der Waals surface area contributed by atoms with Gasteiger partial charge in [-0.1, -0.05) is 52.9 Å². The van der Waals surface area contributed by atoms with Gasteiger partial charge < -0.3 is 4.74 Å². The minimum Gasteiger partial charge on any atom is -0.468 e. The minimum absolute atomic E-state index is 0.0808. The fraction of sp³-hybridized carbons (Fsp3) is 0.375. The number of esters is 1. The molecule has 28 heavy (non-hydrogen) atoms. The lowest BCUT2D eigenvalue weighted by Crippen LogP contribution is -2.36. The molecule has 0 aliphatic carbocycles. The summed E-state index contributed by atoms with van der Waals surface area (Å²) in [5, 5.41) is 10.4. The van der Waals surface area contributed by atoms with Gasteiger partial charge in [0.25, 0.3) is 0 Å². The minimum atomic E-state index is -3.59. The maximum atomic E-state index is 12.3. The summed E-state index contributed by atoms with van der Waals surface area (Å²) in [6.45, 7) is 1.67. The number of nitrogens with zero attached hydrogens (tertiary/aromatic N) is 3. The number of hydrogen-bond acceptors (Lipinski definition) is 9. The molecule has 1 heterocycles. The second-order valence-corrected chi connectivity index (χ2v) is 9.99. The summed E-state index contributed by atoms with van der Waals surface area (Å²) in [7, 11) is -2.30. The van der Waals surface area contributed by atoms with Crippen LogP contribution in [-0.4, -0.2) is 60.5 Å². The second kappa shape index (κ2) is 9.96. The number of aromatic nitrogens is 2. The fourth-order valence-corrected chi connectivity index (χ4v) is 4.34. The number of sulfonamides is 1. The van der Waals surface area contributed by atoms with Crippen LogP contribution in [-0.2, 0) is 30.9 Å². The van der Waals surface area contributed by atoms with E-state index in [1.165, 1.54) is 7.11 Å². The summed E-state index contributed by atoms with van der Waals surface area (Å²) >= 11 is 2.22. The summed E-state index contributed by atoms with van der Waals surface area (Å²) in [6, 6.07) is 7.40. The van der Waals surface area contributed by atoms with E-state index in [9.17, 15) is 18.0 Å². The van der Waals surface area contributed by atoms with Crippen LogP contribution < -0.4 is 5.32 Å². The van der Waals surface area contributed by atoms with Gasteiger partial charge in [-0.05, 0) is 12.5 Å². The smallest absolute Gasteiger partial charge is 0.316 e. The molecule has 9 nitrogen and oxygen atoms in total. The lowest BCUT2D eigenvalue weighted by atomic mass is 10.1. The van der Waals surface area contributed by atoms with E-state index in [0.717, 1.165) is 44.8 Å². The molecule has 0 saturated carbocycles. The Hall–Kier alpha value is -2.02. The van der Waals surface area contributed by atoms with Crippen molar-refractivity contribution in [2.24, 2.45) is 0 Å². The van der Waals surface area contributed by atoms with E-state index in [-0.39, 0.29) is 24.0 Å². The summed E-state index contributed by atoms with van der Waals surface area (Å²) < 4.78 is 30.2. The van der Waals surface area contributed by atoms with Crippen LogP contribution >= 0.6 is 23.1 Å². The number of carbonyl (C=O) groups is 2. The number of amides is 1. The molecule has 2 rings (SSSR count). The summed E-state index contributed by atoms with van der Waals surface area (Å²) in [5.74, 6) is -0.846. The summed E-state index contributed by atoms with van der Waals surface area (Å²) in [6.07, 6.45) is 1.06. The summed E-state index contributed by atoms with van der Waals surface area (Å²) in [4.78, 5) is 23.4. The highest BCUT2D eigenvalue weighted by atomic mass is 32.2. The Labute approximate surface area is 171 Å². The number of methoxy groups -OCH3 is 1. The van der Waals surface area contributed by atoms with Crippen molar-refractivity contribution in [2.45, 2.75) is 17.8 Å². The Morgan fingerprint density at radius 1 is 1.25 bits per heavy atom. The number of aryl methyl sites for hydroxylation is 1. The van der Waals surface area contributed by atoms with Crippen molar-refractivity contribution in [3.8, 4) is 0 Å². The molecular weight excluding hydrogens is 424 g/mol. The molecule has 1 aromatic heterocycles. The van der Waals surface area contributed by atoms with Crippen LogP contribution in [0.2, 0.25) is 0 Å². The predicted octanol–water partition coefficient (Wildman–Crippen LogP) is 1.51. The number of anilines is 1. The molecule has 0 aliphatic rings. The van der Waals surface area contributed by atoms with E-state index in [0.29, 0.717) is 4.34 Å². The van der Waals surface area contributed by atoms with Crippen molar-refractivity contribution in [1.82, 2.24) is 14.5 Å². The molecule has 0 aliphatic heterocycles. The first-order chi connectivity index (χ1) is 13.2. The molecular formula is C16H20N4O5S3. The number of rotatable bonds is 9. The zero-order valence-corrected chi connectivity index (χ0v) is 18.0. The molecule has 1 amide bonds. The van der Waals surface area contributed by atoms with E-state index in [1.54, 1.807) is 0 Å². The molecule has 1 aromatic carbocycles. The van der Waals surface area contributed by atoms with Gasteiger partial charge >= 0.3 is 5.97 Å². The molecule has 2 aromatic rings. The van der Waals surface area contributed by atoms with Crippen LogP contribution in [0.15, 0.2) is 28.6 Å². The van der Waals surface area contributed by atoms with Crippen molar-refractivity contribution in [3.05, 3.63) is 35.4 Å². The van der Waals surface area contributed by atoms with Crippen molar-refractivity contribution in [3.63, 3.8) is 0 Å². The molecule has 152 valence electrons. The third-order valence-electron chi connectivity index (χ3n) is 3.46. The van der Waals surface area contributed by atoms with Crippen LogP contribution in [0.25, 0.3) is 0 Å². The van der Waals surface area contributed by atoms with Crippen molar-refractivity contribution in [1.29, 1.82) is 0 Å². The Balaban J connectivity index is 1.97. The number of thioether (sulfide) groups is 1. The standard InChI is InChI=1S/C16H20N4O5S3/c1-11-4-6-12(7-5-11)8-20(28(3,23)24)9-13(21)17-15-18-19-16(27-15)26-10-14(22)25-2/h4-7H,8-10H2,1-3H3,(H,17,18,21). The fourth-order valence-electron chi connectivity index (χ4n) is 2.00. The number of hydrogen-bond donors (Lipinski definition) is 1. The monoisotopic (exact) mass is 444 g/mol.